The first-order chi connectivity index (χ1) is 10.2. The molecule has 0 radical (unpaired) electrons. The van der Waals surface area contributed by atoms with Gasteiger partial charge < -0.3 is 15.0 Å². The Kier molecular flexibility index (Phi) is 5.04. The Morgan fingerprint density at radius 1 is 1.38 bits per heavy atom. The lowest BCUT2D eigenvalue weighted by Crippen LogP contribution is -2.05. The van der Waals surface area contributed by atoms with Crippen molar-refractivity contribution in [3.63, 3.8) is 0 Å². The summed E-state index contributed by atoms with van der Waals surface area (Å²) in [4.78, 5) is 4.72. The van der Waals surface area contributed by atoms with Gasteiger partial charge in [0.05, 0.1) is 6.61 Å². The molecule has 1 heterocycles. The first-order valence-corrected chi connectivity index (χ1v) is 7.40. The highest BCUT2D eigenvalue weighted by Crippen LogP contribution is 2.29. The topological polar surface area (TPSA) is 53.1 Å². The summed E-state index contributed by atoms with van der Waals surface area (Å²) in [5.74, 6) is 2.53. The Morgan fingerprint density at radius 3 is 2.86 bits per heavy atom. The molecule has 21 heavy (non-hydrogen) atoms. The van der Waals surface area contributed by atoms with Crippen LogP contribution in [-0.2, 0) is 13.0 Å². The van der Waals surface area contributed by atoms with Crippen LogP contribution in [0.4, 0.5) is 5.82 Å². The molecule has 0 saturated carbocycles. The number of hydrogen-bond donors (Lipinski definition) is 1. The van der Waals surface area contributed by atoms with Crippen LogP contribution in [0.2, 0.25) is 0 Å². The zero-order valence-corrected chi connectivity index (χ0v) is 12.8. The van der Waals surface area contributed by atoms with E-state index in [0.717, 1.165) is 35.7 Å². The molecule has 0 atom stereocenters. The van der Waals surface area contributed by atoms with E-state index in [0.29, 0.717) is 19.0 Å². The van der Waals surface area contributed by atoms with Crippen molar-refractivity contribution in [1.82, 2.24) is 9.55 Å². The van der Waals surface area contributed by atoms with Crippen LogP contribution in [-0.4, -0.2) is 16.2 Å². The standard InChI is InChI=1S/C17H23N3O/c1-4-8-15-19-16(17(18)20(15)11-5-2)13-9-7-10-14(12-13)21-6-3/h5,7,9-10,12H,2,4,6,8,11,18H2,1,3H3. The van der Waals surface area contributed by atoms with E-state index < -0.39 is 0 Å². The summed E-state index contributed by atoms with van der Waals surface area (Å²) in [5.41, 5.74) is 8.09. The lowest BCUT2D eigenvalue weighted by atomic mass is 10.1. The summed E-state index contributed by atoms with van der Waals surface area (Å²) < 4.78 is 7.58. The predicted molar refractivity (Wildman–Crippen MR) is 87.4 cm³/mol. The number of anilines is 1. The fraction of sp³-hybridized carbons (Fsp3) is 0.353. The largest absolute Gasteiger partial charge is 0.494 e. The third-order valence-corrected chi connectivity index (χ3v) is 3.29. The molecule has 0 aliphatic carbocycles. The van der Waals surface area contributed by atoms with Gasteiger partial charge in [-0.3, -0.25) is 0 Å². The number of allylic oxidation sites excluding steroid dienone is 1. The van der Waals surface area contributed by atoms with Crippen LogP contribution in [0.15, 0.2) is 36.9 Å². The van der Waals surface area contributed by atoms with Gasteiger partial charge in [0.15, 0.2) is 0 Å². The average Bonchev–Trinajstić information content (AvgIpc) is 2.78. The van der Waals surface area contributed by atoms with Crippen molar-refractivity contribution in [2.24, 2.45) is 0 Å². The molecular formula is C17H23N3O. The highest BCUT2D eigenvalue weighted by atomic mass is 16.5. The summed E-state index contributed by atoms with van der Waals surface area (Å²) in [6.45, 7) is 9.23. The van der Waals surface area contributed by atoms with E-state index in [9.17, 15) is 0 Å². The van der Waals surface area contributed by atoms with E-state index in [4.69, 9.17) is 15.5 Å². The van der Waals surface area contributed by atoms with E-state index in [1.54, 1.807) is 0 Å². The molecule has 0 aliphatic rings. The van der Waals surface area contributed by atoms with Crippen LogP contribution in [0.25, 0.3) is 11.3 Å². The highest BCUT2D eigenvalue weighted by Gasteiger charge is 2.15. The lowest BCUT2D eigenvalue weighted by Gasteiger charge is -2.07. The van der Waals surface area contributed by atoms with Gasteiger partial charge in [-0.1, -0.05) is 25.1 Å². The van der Waals surface area contributed by atoms with Crippen molar-refractivity contribution in [2.75, 3.05) is 12.3 Å². The Hall–Kier alpha value is -2.23. The summed E-state index contributed by atoms with van der Waals surface area (Å²) >= 11 is 0. The van der Waals surface area contributed by atoms with Gasteiger partial charge in [0.25, 0.3) is 0 Å². The lowest BCUT2D eigenvalue weighted by molar-refractivity contribution is 0.340. The second-order valence-corrected chi connectivity index (χ2v) is 4.87. The van der Waals surface area contributed by atoms with Gasteiger partial charge in [0, 0.05) is 18.5 Å². The van der Waals surface area contributed by atoms with Crippen molar-refractivity contribution >= 4 is 5.82 Å². The minimum Gasteiger partial charge on any atom is -0.494 e. The summed E-state index contributed by atoms with van der Waals surface area (Å²) in [7, 11) is 0. The quantitative estimate of drug-likeness (QED) is 0.790. The number of aromatic nitrogens is 2. The number of nitrogen functional groups attached to an aromatic ring is 1. The Labute approximate surface area is 126 Å². The SMILES string of the molecule is C=CCn1c(CCC)nc(-c2cccc(OCC)c2)c1N. The number of nitrogens with two attached hydrogens (primary N) is 1. The van der Waals surface area contributed by atoms with Crippen molar-refractivity contribution in [1.29, 1.82) is 0 Å². The second kappa shape index (κ2) is 6.97. The van der Waals surface area contributed by atoms with E-state index in [-0.39, 0.29) is 0 Å². The molecule has 2 N–H and O–H groups in total. The van der Waals surface area contributed by atoms with Gasteiger partial charge in [0.2, 0.25) is 0 Å². The average molecular weight is 285 g/mol. The van der Waals surface area contributed by atoms with Crippen LogP contribution < -0.4 is 10.5 Å². The van der Waals surface area contributed by atoms with Crippen molar-refractivity contribution < 1.29 is 4.74 Å². The van der Waals surface area contributed by atoms with E-state index in [1.165, 1.54) is 0 Å². The number of nitrogens with zero attached hydrogens (tertiary/aromatic N) is 2. The molecular weight excluding hydrogens is 262 g/mol. The zero-order chi connectivity index (χ0) is 15.2. The molecule has 4 nitrogen and oxygen atoms in total. The third-order valence-electron chi connectivity index (χ3n) is 3.29. The summed E-state index contributed by atoms with van der Waals surface area (Å²) in [6, 6.07) is 7.90. The minimum atomic E-state index is 0.644. The Morgan fingerprint density at radius 2 is 2.19 bits per heavy atom. The van der Waals surface area contributed by atoms with Crippen LogP contribution in [0, 0.1) is 0 Å². The minimum absolute atomic E-state index is 0.644. The molecule has 0 amide bonds. The number of imidazole rings is 1. The van der Waals surface area contributed by atoms with E-state index in [1.807, 2.05) is 41.8 Å². The van der Waals surface area contributed by atoms with Crippen molar-refractivity contribution in [3.05, 3.63) is 42.7 Å². The molecule has 0 saturated heterocycles. The molecule has 2 rings (SSSR count). The van der Waals surface area contributed by atoms with Gasteiger partial charge in [-0.2, -0.15) is 0 Å². The number of hydrogen-bond acceptors (Lipinski definition) is 3. The molecule has 0 bridgehead atoms. The van der Waals surface area contributed by atoms with Crippen LogP contribution in [0.5, 0.6) is 5.75 Å². The molecule has 1 aromatic carbocycles. The fourth-order valence-corrected chi connectivity index (χ4v) is 2.37. The fourth-order valence-electron chi connectivity index (χ4n) is 2.37. The number of rotatable bonds is 7. The van der Waals surface area contributed by atoms with Gasteiger partial charge in [0.1, 0.15) is 23.1 Å². The number of benzene rings is 1. The summed E-state index contributed by atoms with van der Waals surface area (Å²) in [6.07, 6.45) is 3.78. The van der Waals surface area contributed by atoms with Crippen LogP contribution in [0.3, 0.4) is 0 Å². The third kappa shape index (κ3) is 3.27. The van der Waals surface area contributed by atoms with Crippen LogP contribution in [0.1, 0.15) is 26.1 Å². The van der Waals surface area contributed by atoms with Crippen LogP contribution >= 0.6 is 0 Å². The van der Waals surface area contributed by atoms with E-state index in [2.05, 4.69) is 13.5 Å². The second-order valence-electron chi connectivity index (χ2n) is 4.87. The normalized spacial score (nSPS) is 10.6. The molecule has 0 spiro atoms. The van der Waals surface area contributed by atoms with Crippen molar-refractivity contribution in [2.45, 2.75) is 33.2 Å². The smallest absolute Gasteiger partial charge is 0.132 e. The van der Waals surface area contributed by atoms with Gasteiger partial charge in [-0.05, 0) is 25.5 Å². The first kappa shape index (κ1) is 15.2. The molecule has 4 heteroatoms. The Bertz CT molecular complexity index is 616. The maximum absolute atomic E-state index is 6.29. The zero-order valence-electron chi connectivity index (χ0n) is 12.8. The van der Waals surface area contributed by atoms with Gasteiger partial charge in [-0.25, -0.2) is 4.98 Å². The monoisotopic (exact) mass is 285 g/mol. The molecule has 1 aromatic heterocycles. The molecule has 112 valence electrons. The number of ether oxygens (including phenoxy) is 1. The highest BCUT2D eigenvalue weighted by molar-refractivity contribution is 5.72. The molecule has 0 unspecified atom stereocenters. The van der Waals surface area contributed by atoms with Gasteiger partial charge >= 0.3 is 0 Å². The van der Waals surface area contributed by atoms with E-state index >= 15 is 0 Å². The number of aryl methyl sites for hydroxylation is 1. The predicted octanol–water partition coefficient (Wildman–Crippen LogP) is 3.67. The van der Waals surface area contributed by atoms with Crippen molar-refractivity contribution in [3.8, 4) is 17.0 Å². The molecule has 2 aromatic rings. The Balaban J connectivity index is 2.45. The summed E-state index contributed by atoms with van der Waals surface area (Å²) in [5, 5.41) is 0. The first-order valence-electron chi connectivity index (χ1n) is 7.40. The van der Waals surface area contributed by atoms with Gasteiger partial charge in [-0.15, -0.1) is 6.58 Å². The molecule has 0 aliphatic heterocycles. The maximum atomic E-state index is 6.29. The molecule has 0 fully saturated rings. The maximum Gasteiger partial charge on any atom is 0.132 e.